The minimum Gasteiger partial charge on any atom is -0.271 e. The molecule has 19 heavy (non-hydrogen) atoms. The lowest BCUT2D eigenvalue weighted by Crippen LogP contribution is -2.35. The molecular weight excluding hydrogens is 264 g/mol. The van der Waals surface area contributed by atoms with Crippen LogP contribution < -0.4 is 4.72 Å². The summed E-state index contributed by atoms with van der Waals surface area (Å²) >= 11 is 0. The summed E-state index contributed by atoms with van der Waals surface area (Å²) in [6.45, 7) is 4.04. The number of nitrogens with zero attached hydrogens (tertiary/aromatic N) is 3. The minimum absolute atomic E-state index is 0.229. The first-order valence-corrected chi connectivity index (χ1v) is 7.38. The van der Waals surface area contributed by atoms with Gasteiger partial charge in [0.05, 0.1) is 11.4 Å². The molecule has 0 amide bonds. The highest BCUT2D eigenvalue weighted by Gasteiger charge is 2.17. The average molecular weight is 280 g/mol. The summed E-state index contributed by atoms with van der Waals surface area (Å²) in [7, 11) is -3.52. The van der Waals surface area contributed by atoms with Gasteiger partial charge in [-0.25, -0.2) is 13.1 Å². The van der Waals surface area contributed by atoms with Gasteiger partial charge in [0.1, 0.15) is 0 Å². The van der Waals surface area contributed by atoms with Gasteiger partial charge in [0.15, 0.2) is 0 Å². The Balaban J connectivity index is 2.09. The zero-order chi connectivity index (χ0) is 13.9. The standard InChI is InChI=1S/C12H16N4O2S/c1-10-8-12(4-6-13-10)19(17,18)15-11(2)9-16-7-3-5-14-16/h3-8,11,15H,9H2,1-2H3. The fraction of sp³-hybridized carbons (Fsp3) is 0.333. The molecule has 1 unspecified atom stereocenters. The predicted octanol–water partition coefficient (Wildman–Crippen LogP) is 0.954. The van der Waals surface area contributed by atoms with Gasteiger partial charge in [-0.2, -0.15) is 5.10 Å². The van der Waals surface area contributed by atoms with Crippen LogP contribution in [0.15, 0.2) is 41.7 Å². The maximum Gasteiger partial charge on any atom is 0.240 e. The number of pyridine rings is 1. The van der Waals surface area contributed by atoms with Crippen LogP contribution in [-0.4, -0.2) is 29.2 Å². The first-order valence-electron chi connectivity index (χ1n) is 5.90. The van der Waals surface area contributed by atoms with Crippen LogP contribution in [-0.2, 0) is 16.6 Å². The van der Waals surface area contributed by atoms with E-state index >= 15 is 0 Å². The minimum atomic E-state index is -3.52. The molecular formula is C12H16N4O2S. The Bertz CT molecular complexity index is 638. The predicted molar refractivity (Wildman–Crippen MR) is 71.0 cm³/mol. The van der Waals surface area contributed by atoms with Crippen molar-refractivity contribution in [2.24, 2.45) is 0 Å². The second-order valence-electron chi connectivity index (χ2n) is 4.38. The molecule has 6 nitrogen and oxygen atoms in total. The molecule has 2 aromatic heterocycles. The number of aryl methyl sites for hydroxylation is 1. The molecule has 0 aliphatic carbocycles. The van der Waals surface area contributed by atoms with E-state index in [1.807, 2.05) is 0 Å². The van der Waals surface area contributed by atoms with E-state index < -0.39 is 10.0 Å². The van der Waals surface area contributed by atoms with Gasteiger partial charge in [0, 0.05) is 30.3 Å². The first-order chi connectivity index (χ1) is 8.97. The van der Waals surface area contributed by atoms with Crippen molar-refractivity contribution in [2.45, 2.75) is 31.3 Å². The van der Waals surface area contributed by atoms with Gasteiger partial charge in [-0.3, -0.25) is 9.67 Å². The van der Waals surface area contributed by atoms with E-state index in [0.717, 1.165) is 0 Å². The van der Waals surface area contributed by atoms with Crippen molar-refractivity contribution in [2.75, 3.05) is 0 Å². The second kappa shape index (κ2) is 5.50. The zero-order valence-corrected chi connectivity index (χ0v) is 11.6. The summed E-state index contributed by atoms with van der Waals surface area (Å²) in [5, 5.41) is 4.04. The van der Waals surface area contributed by atoms with Crippen molar-refractivity contribution < 1.29 is 8.42 Å². The zero-order valence-electron chi connectivity index (χ0n) is 10.8. The van der Waals surface area contributed by atoms with Crippen LogP contribution in [0.3, 0.4) is 0 Å². The van der Waals surface area contributed by atoms with Gasteiger partial charge in [-0.1, -0.05) is 0 Å². The van der Waals surface area contributed by atoms with Crippen molar-refractivity contribution in [3.63, 3.8) is 0 Å². The van der Waals surface area contributed by atoms with Gasteiger partial charge in [0.25, 0.3) is 0 Å². The SMILES string of the molecule is Cc1cc(S(=O)(=O)NC(C)Cn2cccn2)ccn1. The summed E-state index contributed by atoms with van der Waals surface area (Å²) in [6.07, 6.45) is 4.94. The van der Waals surface area contributed by atoms with E-state index in [9.17, 15) is 8.42 Å². The molecule has 0 fully saturated rings. The summed E-state index contributed by atoms with van der Waals surface area (Å²) in [6, 6.07) is 4.57. The molecule has 0 spiro atoms. The lowest BCUT2D eigenvalue weighted by Gasteiger charge is -2.14. The van der Waals surface area contributed by atoms with E-state index in [1.54, 1.807) is 43.1 Å². The van der Waals surface area contributed by atoms with Crippen molar-refractivity contribution in [1.82, 2.24) is 19.5 Å². The first kappa shape index (κ1) is 13.7. The number of rotatable bonds is 5. The summed E-state index contributed by atoms with van der Waals surface area (Å²) < 4.78 is 28.6. The van der Waals surface area contributed by atoms with Crippen molar-refractivity contribution >= 4 is 10.0 Å². The Morgan fingerprint density at radius 2 is 2.21 bits per heavy atom. The molecule has 0 bridgehead atoms. The van der Waals surface area contributed by atoms with Gasteiger partial charge in [0.2, 0.25) is 10.0 Å². The van der Waals surface area contributed by atoms with Crippen LogP contribution in [0.1, 0.15) is 12.6 Å². The van der Waals surface area contributed by atoms with E-state index in [0.29, 0.717) is 12.2 Å². The number of sulfonamides is 1. The normalized spacial score (nSPS) is 13.4. The molecule has 0 saturated heterocycles. The van der Waals surface area contributed by atoms with E-state index in [2.05, 4.69) is 14.8 Å². The van der Waals surface area contributed by atoms with Crippen molar-refractivity contribution in [1.29, 1.82) is 0 Å². The van der Waals surface area contributed by atoms with E-state index in [1.165, 1.54) is 12.3 Å². The molecule has 2 rings (SSSR count). The largest absolute Gasteiger partial charge is 0.271 e. The quantitative estimate of drug-likeness (QED) is 0.884. The molecule has 0 aliphatic heterocycles. The molecule has 102 valence electrons. The maximum absolute atomic E-state index is 12.2. The third-order valence-electron chi connectivity index (χ3n) is 2.55. The third-order valence-corrected chi connectivity index (χ3v) is 4.14. The molecule has 2 heterocycles. The van der Waals surface area contributed by atoms with Gasteiger partial charge < -0.3 is 0 Å². The lowest BCUT2D eigenvalue weighted by molar-refractivity contribution is 0.494. The molecule has 0 aromatic carbocycles. The number of nitrogens with one attached hydrogen (secondary N) is 1. The molecule has 0 radical (unpaired) electrons. The molecule has 0 aliphatic rings. The van der Waals surface area contributed by atoms with Crippen LogP contribution in [0.2, 0.25) is 0 Å². The fourth-order valence-corrected chi connectivity index (χ4v) is 3.05. The number of aromatic nitrogens is 3. The topological polar surface area (TPSA) is 76.9 Å². The van der Waals surface area contributed by atoms with E-state index in [4.69, 9.17) is 0 Å². The van der Waals surface area contributed by atoms with Gasteiger partial charge in [-0.05, 0) is 32.0 Å². The summed E-state index contributed by atoms with van der Waals surface area (Å²) in [5.74, 6) is 0. The molecule has 1 atom stereocenters. The third kappa shape index (κ3) is 3.62. The Labute approximate surface area is 112 Å². The molecule has 2 aromatic rings. The van der Waals surface area contributed by atoms with E-state index in [-0.39, 0.29) is 10.9 Å². The molecule has 1 N–H and O–H groups in total. The Morgan fingerprint density at radius 1 is 1.42 bits per heavy atom. The average Bonchev–Trinajstić information content (AvgIpc) is 2.81. The van der Waals surface area contributed by atoms with Gasteiger partial charge in [-0.15, -0.1) is 0 Å². The lowest BCUT2D eigenvalue weighted by atomic mass is 10.4. The summed E-state index contributed by atoms with van der Waals surface area (Å²) in [4.78, 5) is 4.22. The Hall–Kier alpha value is -1.73. The maximum atomic E-state index is 12.2. The highest BCUT2D eigenvalue weighted by molar-refractivity contribution is 7.89. The second-order valence-corrected chi connectivity index (χ2v) is 6.10. The molecule has 0 saturated carbocycles. The van der Waals surface area contributed by atoms with Crippen molar-refractivity contribution in [3.05, 3.63) is 42.5 Å². The van der Waals surface area contributed by atoms with Crippen LogP contribution >= 0.6 is 0 Å². The van der Waals surface area contributed by atoms with Crippen molar-refractivity contribution in [3.8, 4) is 0 Å². The monoisotopic (exact) mass is 280 g/mol. The highest BCUT2D eigenvalue weighted by Crippen LogP contribution is 2.09. The summed E-state index contributed by atoms with van der Waals surface area (Å²) in [5.41, 5.74) is 0.669. The Morgan fingerprint density at radius 3 is 2.84 bits per heavy atom. The molecule has 7 heteroatoms. The Kier molecular flexibility index (Phi) is 3.96. The fourth-order valence-electron chi connectivity index (χ4n) is 1.75. The smallest absolute Gasteiger partial charge is 0.240 e. The van der Waals surface area contributed by atoms with Crippen LogP contribution in [0, 0.1) is 6.92 Å². The van der Waals surface area contributed by atoms with Gasteiger partial charge >= 0.3 is 0 Å². The number of hydrogen-bond acceptors (Lipinski definition) is 4. The van der Waals surface area contributed by atoms with Crippen LogP contribution in [0.25, 0.3) is 0 Å². The van der Waals surface area contributed by atoms with Crippen LogP contribution in [0.5, 0.6) is 0 Å². The number of hydrogen-bond donors (Lipinski definition) is 1. The van der Waals surface area contributed by atoms with Crippen LogP contribution in [0.4, 0.5) is 0 Å². The highest BCUT2D eigenvalue weighted by atomic mass is 32.2.